The van der Waals surface area contributed by atoms with Gasteiger partial charge >= 0.3 is 7.60 Å². The lowest BCUT2D eigenvalue weighted by molar-refractivity contribution is 0.346. The number of imidazole rings is 1. The second-order valence-corrected chi connectivity index (χ2v) is 7.11. The Morgan fingerprint density at radius 1 is 1.38 bits per heavy atom. The van der Waals surface area contributed by atoms with Crippen LogP contribution in [0.5, 0.6) is 0 Å². The molecule has 9 heteroatoms. The monoisotopic (exact) mass is 309 g/mol. The molecule has 0 radical (unpaired) electrons. The average Bonchev–Trinajstić information content (AvgIpc) is 2.64. The molecule has 0 spiro atoms. The molecule has 21 heavy (non-hydrogen) atoms. The van der Waals surface area contributed by atoms with E-state index in [2.05, 4.69) is 20.9 Å². The van der Waals surface area contributed by atoms with Gasteiger partial charge in [-0.25, -0.2) is 19.5 Å². The Bertz CT molecular complexity index is 791. The first-order chi connectivity index (χ1) is 9.57. The molecule has 0 fully saturated rings. The SMILES string of the molecule is CC(C)(C)Cn1c(C#CP(=O)(O)O)nc2c(N)ncnc21. The van der Waals surface area contributed by atoms with Crippen LogP contribution in [-0.2, 0) is 11.1 Å². The fourth-order valence-electron chi connectivity index (χ4n) is 1.80. The first-order valence-electron chi connectivity index (χ1n) is 6.12. The minimum atomic E-state index is -4.44. The summed E-state index contributed by atoms with van der Waals surface area (Å²) in [6.45, 7) is 6.57. The second-order valence-electron chi connectivity index (χ2n) is 5.79. The minimum Gasteiger partial charge on any atom is -0.382 e. The van der Waals surface area contributed by atoms with E-state index in [-0.39, 0.29) is 17.1 Å². The number of fused-ring (bicyclic) bond motifs is 1. The Balaban J connectivity index is 2.68. The molecule has 0 saturated carbocycles. The third kappa shape index (κ3) is 3.79. The molecule has 0 saturated heterocycles. The third-order valence-electron chi connectivity index (χ3n) is 2.51. The van der Waals surface area contributed by atoms with E-state index < -0.39 is 7.60 Å². The van der Waals surface area contributed by atoms with Gasteiger partial charge in [-0.3, -0.25) is 0 Å². The van der Waals surface area contributed by atoms with Gasteiger partial charge < -0.3 is 20.1 Å². The van der Waals surface area contributed by atoms with Crippen LogP contribution in [0.15, 0.2) is 6.33 Å². The molecule has 112 valence electrons. The topological polar surface area (TPSA) is 127 Å². The van der Waals surface area contributed by atoms with Crippen LogP contribution in [0.1, 0.15) is 26.6 Å². The van der Waals surface area contributed by atoms with Gasteiger partial charge in [0, 0.05) is 12.2 Å². The van der Waals surface area contributed by atoms with Crippen LogP contribution >= 0.6 is 7.60 Å². The molecular weight excluding hydrogens is 293 g/mol. The Labute approximate surface area is 121 Å². The molecule has 4 N–H and O–H groups in total. The molecular formula is C12H16N5O3P. The standard InChI is InChI=1S/C12H16N5O3P/c1-12(2,3)6-17-8(4-5-21(18,19)20)16-9-10(13)14-7-15-11(9)17/h7H,6H2,1-3H3,(H2,13,14,15)(H2,18,19,20). The fraction of sp³-hybridized carbons (Fsp3) is 0.417. The largest absolute Gasteiger partial charge is 0.400 e. The van der Waals surface area contributed by atoms with Gasteiger partial charge in [-0.2, -0.15) is 0 Å². The zero-order chi connectivity index (χ0) is 15.8. The van der Waals surface area contributed by atoms with E-state index >= 15 is 0 Å². The first kappa shape index (κ1) is 15.4. The van der Waals surface area contributed by atoms with Crippen molar-refractivity contribution in [3.05, 3.63) is 12.2 Å². The summed E-state index contributed by atoms with van der Waals surface area (Å²) in [7, 11) is -4.44. The van der Waals surface area contributed by atoms with Gasteiger partial charge in [-0.05, 0) is 11.3 Å². The van der Waals surface area contributed by atoms with Gasteiger partial charge in [-0.1, -0.05) is 20.8 Å². The molecule has 0 atom stereocenters. The van der Waals surface area contributed by atoms with Gasteiger partial charge in [0.15, 0.2) is 22.8 Å². The van der Waals surface area contributed by atoms with E-state index in [0.717, 1.165) is 0 Å². The van der Waals surface area contributed by atoms with E-state index in [1.807, 2.05) is 26.4 Å². The number of hydrogen-bond acceptors (Lipinski definition) is 5. The van der Waals surface area contributed by atoms with Crippen LogP contribution < -0.4 is 5.73 Å². The smallest absolute Gasteiger partial charge is 0.382 e. The maximum atomic E-state index is 10.9. The van der Waals surface area contributed by atoms with Crippen molar-refractivity contribution in [3.8, 4) is 11.6 Å². The molecule has 0 unspecified atom stereocenters. The molecule has 0 aliphatic rings. The lowest BCUT2D eigenvalue weighted by Gasteiger charge is -2.19. The lowest BCUT2D eigenvalue weighted by Crippen LogP contribution is -2.17. The normalized spacial score (nSPS) is 12.2. The molecule has 0 aromatic carbocycles. The molecule has 2 aromatic heterocycles. The summed E-state index contributed by atoms with van der Waals surface area (Å²) in [6.07, 6.45) is 1.32. The molecule has 2 rings (SSSR count). The Morgan fingerprint density at radius 2 is 2.05 bits per heavy atom. The Morgan fingerprint density at radius 3 is 2.62 bits per heavy atom. The number of hydrogen-bond donors (Lipinski definition) is 3. The number of nitrogen functional groups attached to an aromatic ring is 1. The molecule has 0 aliphatic carbocycles. The van der Waals surface area contributed by atoms with Crippen LogP contribution in [-0.4, -0.2) is 29.3 Å². The maximum Gasteiger partial charge on any atom is 0.400 e. The van der Waals surface area contributed by atoms with Crippen molar-refractivity contribution in [1.82, 2.24) is 19.5 Å². The van der Waals surface area contributed by atoms with Crippen LogP contribution in [0, 0.1) is 17.0 Å². The van der Waals surface area contributed by atoms with Crippen molar-refractivity contribution in [2.24, 2.45) is 5.41 Å². The van der Waals surface area contributed by atoms with E-state index in [1.54, 1.807) is 4.57 Å². The molecule has 0 amide bonds. The summed E-state index contributed by atoms with van der Waals surface area (Å²) >= 11 is 0. The highest BCUT2D eigenvalue weighted by atomic mass is 31.2. The highest BCUT2D eigenvalue weighted by Gasteiger charge is 2.19. The Hall–Kier alpha value is -1.94. The van der Waals surface area contributed by atoms with E-state index in [0.29, 0.717) is 17.7 Å². The molecule has 0 aliphatic heterocycles. The van der Waals surface area contributed by atoms with Crippen molar-refractivity contribution in [3.63, 3.8) is 0 Å². The summed E-state index contributed by atoms with van der Waals surface area (Å²) in [4.78, 5) is 29.9. The quantitative estimate of drug-likeness (QED) is 0.528. The highest BCUT2D eigenvalue weighted by molar-refractivity contribution is 7.57. The van der Waals surface area contributed by atoms with Gasteiger partial charge in [0.05, 0.1) is 0 Å². The second kappa shape index (κ2) is 5.11. The number of anilines is 1. The predicted octanol–water partition coefficient (Wildman–Crippen LogP) is 0.941. The lowest BCUT2D eigenvalue weighted by atomic mass is 9.97. The summed E-state index contributed by atoms with van der Waals surface area (Å²) in [5, 5.41) is 0. The summed E-state index contributed by atoms with van der Waals surface area (Å²) in [6, 6.07) is 0. The Kier molecular flexibility index (Phi) is 3.76. The highest BCUT2D eigenvalue weighted by Crippen LogP contribution is 2.32. The van der Waals surface area contributed by atoms with E-state index in [4.69, 9.17) is 15.5 Å². The van der Waals surface area contributed by atoms with Gasteiger partial charge in [-0.15, -0.1) is 0 Å². The maximum absolute atomic E-state index is 10.9. The van der Waals surface area contributed by atoms with E-state index in [1.165, 1.54) is 6.33 Å². The summed E-state index contributed by atoms with van der Waals surface area (Å²) < 4.78 is 12.6. The van der Waals surface area contributed by atoms with Crippen LogP contribution in [0.3, 0.4) is 0 Å². The molecule has 8 nitrogen and oxygen atoms in total. The van der Waals surface area contributed by atoms with Gasteiger partial charge in [0.2, 0.25) is 0 Å². The zero-order valence-electron chi connectivity index (χ0n) is 11.9. The van der Waals surface area contributed by atoms with Crippen molar-refractivity contribution in [1.29, 1.82) is 0 Å². The van der Waals surface area contributed by atoms with Crippen molar-refractivity contribution >= 4 is 24.6 Å². The van der Waals surface area contributed by atoms with Gasteiger partial charge in [0.25, 0.3) is 0 Å². The van der Waals surface area contributed by atoms with Crippen LogP contribution in [0.2, 0.25) is 0 Å². The molecule has 2 heterocycles. The predicted molar refractivity (Wildman–Crippen MR) is 78.1 cm³/mol. The number of nitrogens with zero attached hydrogens (tertiary/aromatic N) is 4. The van der Waals surface area contributed by atoms with Crippen LogP contribution in [0.25, 0.3) is 11.2 Å². The molecule has 2 aromatic rings. The number of rotatable bonds is 1. The average molecular weight is 309 g/mol. The van der Waals surface area contributed by atoms with Crippen LogP contribution in [0.4, 0.5) is 5.82 Å². The minimum absolute atomic E-state index is 0.105. The van der Waals surface area contributed by atoms with E-state index in [9.17, 15) is 4.57 Å². The summed E-state index contributed by atoms with van der Waals surface area (Å²) in [5.41, 5.74) is 8.40. The van der Waals surface area contributed by atoms with Crippen molar-refractivity contribution < 1.29 is 14.4 Å². The molecule has 0 bridgehead atoms. The first-order valence-corrected chi connectivity index (χ1v) is 7.74. The number of aromatic nitrogens is 4. The zero-order valence-corrected chi connectivity index (χ0v) is 12.8. The van der Waals surface area contributed by atoms with Crippen molar-refractivity contribution in [2.75, 3.05) is 5.73 Å². The van der Waals surface area contributed by atoms with Gasteiger partial charge in [0.1, 0.15) is 6.33 Å². The van der Waals surface area contributed by atoms with Crippen molar-refractivity contribution in [2.45, 2.75) is 27.3 Å². The fourth-order valence-corrected chi connectivity index (χ4v) is 2.04. The number of nitrogens with two attached hydrogens (primary N) is 1. The third-order valence-corrected chi connectivity index (χ3v) is 2.91. The summed E-state index contributed by atoms with van der Waals surface area (Å²) in [5.74, 6) is 2.81.